The number of para-hydroxylation sites is 1. The minimum Gasteiger partial charge on any atom is -0.354 e. The molecule has 5 nitrogen and oxygen atoms in total. The van der Waals surface area contributed by atoms with Gasteiger partial charge in [0, 0.05) is 19.2 Å². The SMILES string of the molecule is CN1c2cc(C(=O)Nc3ccccc3F)ccc2C(=O)N2CCCCC21. The molecule has 2 heterocycles. The molecule has 2 aromatic carbocycles. The van der Waals surface area contributed by atoms with Crippen molar-refractivity contribution in [3.05, 3.63) is 59.4 Å². The topological polar surface area (TPSA) is 52.7 Å². The van der Waals surface area contributed by atoms with Gasteiger partial charge in [0.05, 0.1) is 16.9 Å². The first kappa shape index (κ1) is 16.6. The lowest BCUT2D eigenvalue weighted by Gasteiger charge is -2.46. The number of amides is 2. The smallest absolute Gasteiger partial charge is 0.257 e. The maximum Gasteiger partial charge on any atom is 0.257 e. The number of piperidine rings is 1. The number of hydrogen-bond donors (Lipinski definition) is 1. The van der Waals surface area contributed by atoms with Crippen LogP contribution in [0.5, 0.6) is 0 Å². The highest BCUT2D eigenvalue weighted by atomic mass is 19.1. The predicted molar refractivity (Wildman–Crippen MR) is 97.9 cm³/mol. The summed E-state index contributed by atoms with van der Waals surface area (Å²) < 4.78 is 13.8. The van der Waals surface area contributed by atoms with Crippen molar-refractivity contribution in [2.24, 2.45) is 0 Å². The number of carbonyl (C=O) groups is 2. The summed E-state index contributed by atoms with van der Waals surface area (Å²) in [6, 6.07) is 11.1. The number of nitrogens with one attached hydrogen (secondary N) is 1. The van der Waals surface area contributed by atoms with Gasteiger partial charge < -0.3 is 15.1 Å². The maximum absolute atomic E-state index is 13.8. The number of halogens is 1. The summed E-state index contributed by atoms with van der Waals surface area (Å²) in [4.78, 5) is 29.3. The number of benzene rings is 2. The van der Waals surface area contributed by atoms with E-state index >= 15 is 0 Å². The zero-order valence-corrected chi connectivity index (χ0v) is 14.5. The molecular formula is C20H20FN3O2. The molecule has 2 amide bonds. The molecule has 0 aliphatic carbocycles. The van der Waals surface area contributed by atoms with Crippen LogP contribution in [0.4, 0.5) is 15.8 Å². The van der Waals surface area contributed by atoms with Gasteiger partial charge in [-0.3, -0.25) is 9.59 Å². The average Bonchev–Trinajstić information content (AvgIpc) is 2.67. The van der Waals surface area contributed by atoms with Gasteiger partial charge in [-0.1, -0.05) is 12.1 Å². The summed E-state index contributed by atoms with van der Waals surface area (Å²) in [5.74, 6) is -0.863. The van der Waals surface area contributed by atoms with Crippen molar-refractivity contribution >= 4 is 23.2 Å². The van der Waals surface area contributed by atoms with Crippen molar-refractivity contribution < 1.29 is 14.0 Å². The summed E-state index contributed by atoms with van der Waals surface area (Å²) in [6.45, 7) is 0.767. The molecule has 0 aromatic heterocycles. The third-order valence-electron chi connectivity index (χ3n) is 5.17. The van der Waals surface area contributed by atoms with E-state index in [2.05, 4.69) is 10.2 Å². The summed E-state index contributed by atoms with van der Waals surface area (Å²) in [7, 11) is 1.95. The fourth-order valence-electron chi connectivity index (χ4n) is 3.77. The Kier molecular flexibility index (Phi) is 4.11. The largest absolute Gasteiger partial charge is 0.354 e. The van der Waals surface area contributed by atoms with Crippen LogP contribution in [0.2, 0.25) is 0 Å². The molecule has 2 aliphatic rings. The van der Waals surface area contributed by atoms with Crippen LogP contribution < -0.4 is 10.2 Å². The molecular weight excluding hydrogens is 333 g/mol. The summed E-state index contributed by atoms with van der Waals surface area (Å²) in [6.07, 6.45) is 3.07. The summed E-state index contributed by atoms with van der Waals surface area (Å²) >= 11 is 0. The maximum atomic E-state index is 13.8. The van der Waals surface area contributed by atoms with Crippen molar-refractivity contribution in [3.63, 3.8) is 0 Å². The number of fused-ring (bicyclic) bond motifs is 2. The van der Waals surface area contributed by atoms with Gasteiger partial charge in [0.1, 0.15) is 12.0 Å². The molecule has 1 atom stereocenters. The van der Waals surface area contributed by atoms with Crippen molar-refractivity contribution in [3.8, 4) is 0 Å². The monoisotopic (exact) mass is 353 g/mol. The second-order valence-electron chi connectivity index (χ2n) is 6.75. The molecule has 2 aliphatic heterocycles. The van der Waals surface area contributed by atoms with Crippen LogP contribution in [0.1, 0.15) is 40.0 Å². The molecule has 4 rings (SSSR count). The van der Waals surface area contributed by atoms with E-state index in [1.54, 1.807) is 30.3 Å². The highest BCUT2D eigenvalue weighted by molar-refractivity contribution is 6.08. The molecule has 0 radical (unpaired) electrons. The first-order chi connectivity index (χ1) is 12.6. The predicted octanol–water partition coefficient (Wildman–Crippen LogP) is 3.48. The molecule has 1 unspecified atom stereocenters. The van der Waals surface area contributed by atoms with E-state index in [0.717, 1.165) is 31.5 Å². The highest BCUT2D eigenvalue weighted by Gasteiger charge is 2.37. The third-order valence-corrected chi connectivity index (χ3v) is 5.17. The van der Waals surface area contributed by atoms with Crippen molar-refractivity contribution in [1.82, 2.24) is 4.90 Å². The Labute approximate surface area is 151 Å². The molecule has 1 fully saturated rings. The fraction of sp³-hybridized carbons (Fsp3) is 0.300. The second kappa shape index (κ2) is 6.44. The fourth-order valence-corrected chi connectivity index (χ4v) is 3.77. The van der Waals surface area contributed by atoms with Gasteiger partial charge in [0.2, 0.25) is 0 Å². The zero-order chi connectivity index (χ0) is 18.3. The molecule has 1 saturated heterocycles. The Morgan fingerprint density at radius 3 is 2.81 bits per heavy atom. The van der Waals surface area contributed by atoms with Gasteiger partial charge in [-0.25, -0.2) is 4.39 Å². The Balaban J connectivity index is 1.65. The van der Waals surface area contributed by atoms with Gasteiger partial charge in [-0.2, -0.15) is 0 Å². The van der Waals surface area contributed by atoms with Crippen molar-refractivity contribution in [1.29, 1.82) is 0 Å². The molecule has 134 valence electrons. The van der Waals surface area contributed by atoms with E-state index in [0.29, 0.717) is 11.1 Å². The summed E-state index contributed by atoms with van der Waals surface area (Å²) in [5.41, 5.74) is 1.89. The van der Waals surface area contributed by atoms with Gasteiger partial charge in [-0.15, -0.1) is 0 Å². The number of rotatable bonds is 2. The van der Waals surface area contributed by atoms with E-state index in [1.165, 1.54) is 12.1 Å². The van der Waals surface area contributed by atoms with Crippen LogP contribution in [0.25, 0.3) is 0 Å². The quantitative estimate of drug-likeness (QED) is 0.899. The van der Waals surface area contributed by atoms with Crippen LogP contribution in [0.3, 0.4) is 0 Å². The van der Waals surface area contributed by atoms with Crippen molar-refractivity contribution in [2.75, 3.05) is 23.8 Å². The van der Waals surface area contributed by atoms with Gasteiger partial charge in [0.15, 0.2) is 0 Å². The molecule has 1 N–H and O–H groups in total. The van der Waals surface area contributed by atoms with Crippen molar-refractivity contribution in [2.45, 2.75) is 25.4 Å². The minimum atomic E-state index is -0.482. The normalized spacial score (nSPS) is 19.0. The van der Waals surface area contributed by atoms with Crippen LogP contribution >= 0.6 is 0 Å². The number of hydrogen-bond acceptors (Lipinski definition) is 3. The van der Waals surface area contributed by atoms with E-state index in [9.17, 15) is 14.0 Å². The van der Waals surface area contributed by atoms with Gasteiger partial charge >= 0.3 is 0 Å². The lowest BCUT2D eigenvalue weighted by Crippen LogP contribution is -2.55. The Bertz CT molecular complexity index is 883. The van der Waals surface area contributed by atoms with Crippen LogP contribution in [0, 0.1) is 5.82 Å². The Morgan fingerprint density at radius 2 is 2.00 bits per heavy atom. The summed E-state index contributed by atoms with van der Waals surface area (Å²) in [5, 5.41) is 2.59. The van der Waals surface area contributed by atoms with E-state index < -0.39 is 11.7 Å². The number of nitrogens with zero attached hydrogens (tertiary/aromatic N) is 2. The van der Waals surface area contributed by atoms with Crippen LogP contribution in [-0.2, 0) is 0 Å². The zero-order valence-electron chi connectivity index (χ0n) is 14.5. The first-order valence-electron chi connectivity index (χ1n) is 8.80. The third kappa shape index (κ3) is 2.71. The lowest BCUT2D eigenvalue weighted by molar-refractivity contribution is 0.0589. The van der Waals surface area contributed by atoms with E-state index in [-0.39, 0.29) is 17.8 Å². The Hall–Kier alpha value is -2.89. The van der Waals surface area contributed by atoms with E-state index in [1.807, 2.05) is 11.9 Å². The first-order valence-corrected chi connectivity index (χ1v) is 8.80. The molecule has 0 bridgehead atoms. The van der Waals surface area contributed by atoms with Gasteiger partial charge in [0.25, 0.3) is 11.8 Å². The van der Waals surface area contributed by atoms with Gasteiger partial charge in [-0.05, 0) is 49.6 Å². The molecule has 6 heteroatoms. The van der Waals surface area contributed by atoms with Crippen LogP contribution in [0.15, 0.2) is 42.5 Å². The van der Waals surface area contributed by atoms with Crippen LogP contribution in [-0.4, -0.2) is 36.5 Å². The van der Waals surface area contributed by atoms with E-state index in [4.69, 9.17) is 0 Å². The molecule has 26 heavy (non-hydrogen) atoms. The second-order valence-corrected chi connectivity index (χ2v) is 6.75. The highest BCUT2D eigenvalue weighted by Crippen LogP contribution is 2.35. The standard InChI is InChI=1S/C20H20FN3O2/c1-23-17-12-13(19(25)22-16-7-3-2-6-15(16)21)9-10-14(17)20(26)24-11-5-4-8-18(23)24/h2-3,6-7,9-10,12,18H,4-5,8,11H2,1H3,(H,22,25). The lowest BCUT2D eigenvalue weighted by atomic mass is 9.97. The molecule has 2 aromatic rings. The average molecular weight is 353 g/mol. The number of anilines is 2. The molecule has 0 spiro atoms. The molecule has 0 saturated carbocycles. The Morgan fingerprint density at radius 1 is 1.19 bits per heavy atom. The minimum absolute atomic E-state index is 0.0175. The number of carbonyl (C=O) groups excluding carboxylic acids is 2.